The largest absolute Gasteiger partial charge is 0.459 e. The van der Waals surface area contributed by atoms with Gasteiger partial charge in [-0.1, -0.05) is 19.9 Å². The van der Waals surface area contributed by atoms with Gasteiger partial charge < -0.3 is 19.3 Å². The molecule has 1 aliphatic carbocycles. The fraction of sp³-hybridized carbons (Fsp3) is 0.765. The first kappa shape index (κ1) is 19.6. The molecule has 0 aromatic heterocycles. The van der Waals surface area contributed by atoms with Gasteiger partial charge in [0.1, 0.15) is 6.10 Å². The first-order chi connectivity index (χ1) is 10.8. The van der Waals surface area contributed by atoms with Crippen LogP contribution in [0.15, 0.2) is 12.2 Å². The van der Waals surface area contributed by atoms with Crippen molar-refractivity contribution >= 4 is 11.9 Å². The van der Waals surface area contributed by atoms with E-state index in [0.29, 0.717) is 31.4 Å². The van der Waals surface area contributed by atoms with Crippen molar-refractivity contribution in [2.24, 2.45) is 5.92 Å². The molecule has 6 nitrogen and oxygen atoms in total. The minimum absolute atomic E-state index is 0.294. The minimum Gasteiger partial charge on any atom is -0.459 e. The summed E-state index contributed by atoms with van der Waals surface area (Å²) in [6, 6.07) is 0. The second-order valence-electron chi connectivity index (χ2n) is 6.09. The van der Waals surface area contributed by atoms with Crippen LogP contribution in [-0.2, 0) is 23.8 Å². The smallest absolute Gasteiger partial charge is 0.333 e. The second kappa shape index (κ2) is 9.67. The van der Waals surface area contributed by atoms with Crippen molar-refractivity contribution < 1.29 is 28.9 Å². The zero-order valence-corrected chi connectivity index (χ0v) is 14.2. The van der Waals surface area contributed by atoms with Crippen LogP contribution in [0.3, 0.4) is 0 Å². The lowest BCUT2D eigenvalue weighted by Gasteiger charge is -2.31. The topological polar surface area (TPSA) is 82.1 Å². The van der Waals surface area contributed by atoms with Crippen LogP contribution in [0.25, 0.3) is 0 Å². The lowest BCUT2D eigenvalue weighted by atomic mass is 9.85. The van der Waals surface area contributed by atoms with Gasteiger partial charge in [0.15, 0.2) is 6.29 Å². The fourth-order valence-corrected chi connectivity index (χ4v) is 2.47. The molecule has 1 fully saturated rings. The minimum atomic E-state index is -0.694. The van der Waals surface area contributed by atoms with E-state index < -0.39 is 36.4 Å². The highest BCUT2D eigenvalue weighted by Gasteiger charge is 2.35. The monoisotopic (exact) mass is 328 g/mol. The molecule has 0 aliphatic heterocycles. The standard InChI is InChI=1S/C17H28O6/c1-5-6-7-21-12(4)22-17(20)13-8-14(18)10-15(9-13)23-16(19)11(2)3/h12-15,18H,2,5-10H2,1,3-4H3. The number of unbranched alkanes of at least 4 members (excludes halogenated alkanes) is 1. The van der Waals surface area contributed by atoms with E-state index in [1.807, 2.05) is 0 Å². The van der Waals surface area contributed by atoms with Crippen LogP contribution in [0.2, 0.25) is 0 Å². The van der Waals surface area contributed by atoms with Gasteiger partial charge >= 0.3 is 11.9 Å². The van der Waals surface area contributed by atoms with E-state index in [9.17, 15) is 14.7 Å². The Labute approximate surface area is 137 Å². The van der Waals surface area contributed by atoms with Gasteiger partial charge in [0.2, 0.25) is 0 Å². The third-order valence-corrected chi connectivity index (χ3v) is 3.73. The molecule has 6 heteroatoms. The van der Waals surface area contributed by atoms with Crippen molar-refractivity contribution in [2.75, 3.05) is 6.61 Å². The quantitative estimate of drug-likeness (QED) is 0.319. The Balaban J connectivity index is 2.49. The van der Waals surface area contributed by atoms with Gasteiger partial charge in [-0.3, -0.25) is 4.79 Å². The fourth-order valence-electron chi connectivity index (χ4n) is 2.47. The maximum absolute atomic E-state index is 12.2. The van der Waals surface area contributed by atoms with Crippen LogP contribution in [-0.4, -0.2) is 42.1 Å². The Morgan fingerprint density at radius 1 is 1.30 bits per heavy atom. The maximum Gasteiger partial charge on any atom is 0.333 e. The molecule has 0 radical (unpaired) electrons. The van der Waals surface area contributed by atoms with Crippen molar-refractivity contribution in [1.82, 2.24) is 0 Å². The van der Waals surface area contributed by atoms with E-state index >= 15 is 0 Å². The molecule has 4 atom stereocenters. The third kappa shape index (κ3) is 7.14. The Hall–Kier alpha value is -1.40. The first-order valence-corrected chi connectivity index (χ1v) is 8.20. The molecule has 1 aliphatic rings. The molecule has 1 saturated carbocycles. The Kier molecular flexibility index (Phi) is 8.26. The highest BCUT2D eigenvalue weighted by molar-refractivity contribution is 5.87. The molecule has 1 rings (SSSR count). The highest BCUT2D eigenvalue weighted by atomic mass is 16.7. The maximum atomic E-state index is 12.2. The first-order valence-electron chi connectivity index (χ1n) is 8.20. The zero-order valence-electron chi connectivity index (χ0n) is 14.2. The van der Waals surface area contributed by atoms with E-state index in [1.165, 1.54) is 0 Å². The molecular formula is C17H28O6. The average Bonchev–Trinajstić information content (AvgIpc) is 2.46. The molecule has 1 N–H and O–H groups in total. The Morgan fingerprint density at radius 2 is 2.00 bits per heavy atom. The molecule has 23 heavy (non-hydrogen) atoms. The molecule has 0 amide bonds. The van der Waals surface area contributed by atoms with Crippen molar-refractivity contribution in [1.29, 1.82) is 0 Å². The van der Waals surface area contributed by atoms with E-state index in [0.717, 1.165) is 12.8 Å². The van der Waals surface area contributed by atoms with Crippen molar-refractivity contribution in [3.8, 4) is 0 Å². The number of rotatable bonds is 8. The van der Waals surface area contributed by atoms with Gasteiger partial charge in [-0.25, -0.2) is 4.79 Å². The van der Waals surface area contributed by atoms with Crippen LogP contribution in [0.1, 0.15) is 52.9 Å². The number of carbonyl (C=O) groups excluding carboxylic acids is 2. The molecule has 0 saturated heterocycles. The van der Waals surface area contributed by atoms with E-state index in [4.69, 9.17) is 14.2 Å². The summed E-state index contributed by atoms with van der Waals surface area (Å²) < 4.78 is 15.9. The van der Waals surface area contributed by atoms with Crippen molar-refractivity contribution in [3.63, 3.8) is 0 Å². The highest BCUT2D eigenvalue weighted by Crippen LogP contribution is 2.28. The predicted octanol–water partition coefficient (Wildman–Crippen LogP) is 2.34. The number of carbonyl (C=O) groups is 2. The van der Waals surface area contributed by atoms with Gasteiger partial charge in [0.05, 0.1) is 18.6 Å². The molecule has 0 aromatic rings. The summed E-state index contributed by atoms with van der Waals surface area (Å²) in [4.78, 5) is 23.8. The average molecular weight is 328 g/mol. The number of aliphatic hydroxyl groups excluding tert-OH is 1. The lowest BCUT2D eigenvalue weighted by molar-refractivity contribution is -0.185. The van der Waals surface area contributed by atoms with Gasteiger partial charge in [-0.2, -0.15) is 0 Å². The van der Waals surface area contributed by atoms with Gasteiger partial charge in [-0.05, 0) is 33.1 Å². The third-order valence-electron chi connectivity index (χ3n) is 3.73. The van der Waals surface area contributed by atoms with Crippen LogP contribution in [0.4, 0.5) is 0 Å². The summed E-state index contributed by atoms with van der Waals surface area (Å²) in [6.07, 6.45) is 1.07. The summed E-state index contributed by atoms with van der Waals surface area (Å²) in [5.41, 5.74) is 0.294. The summed E-state index contributed by atoms with van der Waals surface area (Å²) in [6.45, 7) is 9.34. The second-order valence-corrected chi connectivity index (χ2v) is 6.09. The number of esters is 2. The van der Waals surface area contributed by atoms with Crippen LogP contribution < -0.4 is 0 Å². The number of ether oxygens (including phenoxy) is 3. The SMILES string of the molecule is C=C(C)C(=O)OC1CC(O)CC(C(=O)OC(C)OCCCC)C1. The summed E-state index contributed by atoms with van der Waals surface area (Å²) in [7, 11) is 0. The molecular weight excluding hydrogens is 300 g/mol. The molecule has 0 bridgehead atoms. The number of hydrogen-bond donors (Lipinski definition) is 1. The van der Waals surface area contributed by atoms with Gasteiger partial charge in [0, 0.05) is 12.0 Å². The van der Waals surface area contributed by atoms with Crippen LogP contribution in [0, 0.1) is 5.92 Å². The van der Waals surface area contributed by atoms with E-state index in [-0.39, 0.29) is 0 Å². The zero-order chi connectivity index (χ0) is 17.4. The van der Waals surface area contributed by atoms with Gasteiger partial charge in [-0.15, -0.1) is 0 Å². The lowest BCUT2D eigenvalue weighted by Crippen LogP contribution is -2.38. The molecule has 4 unspecified atom stereocenters. The molecule has 0 aromatic carbocycles. The summed E-state index contributed by atoms with van der Waals surface area (Å²) in [5, 5.41) is 9.91. The number of aliphatic hydroxyl groups is 1. The van der Waals surface area contributed by atoms with Crippen LogP contribution in [0.5, 0.6) is 0 Å². The van der Waals surface area contributed by atoms with Crippen molar-refractivity contribution in [3.05, 3.63) is 12.2 Å². The number of hydrogen-bond acceptors (Lipinski definition) is 6. The Morgan fingerprint density at radius 3 is 2.61 bits per heavy atom. The summed E-state index contributed by atoms with van der Waals surface area (Å²) in [5.74, 6) is -1.43. The van der Waals surface area contributed by atoms with Crippen molar-refractivity contribution in [2.45, 2.75) is 71.4 Å². The normalized spacial score (nSPS) is 25.5. The van der Waals surface area contributed by atoms with Crippen LogP contribution >= 0.6 is 0 Å². The molecule has 132 valence electrons. The summed E-state index contributed by atoms with van der Waals surface area (Å²) >= 11 is 0. The molecule has 0 spiro atoms. The Bertz CT molecular complexity index is 419. The molecule has 0 heterocycles. The predicted molar refractivity (Wildman–Crippen MR) is 84.5 cm³/mol. The van der Waals surface area contributed by atoms with E-state index in [2.05, 4.69) is 13.5 Å². The van der Waals surface area contributed by atoms with Gasteiger partial charge in [0.25, 0.3) is 0 Å². The van der Waals surface area contributed by atoms with E-state index in [1.54, 1.807) is 13.8 Å².